The van der Waals surface area contributed by atoms with Crippen molar-refractivity contribution in [2.24, 2.45) is 46.3 Å². The summed E-state index contributed by atoms with van der Waals surface area (Å²) in [5.74, 6) is 7.03. The van der Waals surface area contributed by atoms with Crippen molar-refractivity contribution in [3.05, 3.63) is 29.8 Å². The van der Waals surface area contributed by atoms with Crippen molar-refractivity contribution in [2.75, 3.05) is 13.6 Å². The molecule has 8 atom stereocenters. The molecular weight excluding hydrogens is 532 g/mol. The molecule has 42 heavy (non-hydrogen) atoms. The topological polar surface area (TPSA) is 41.1 Å². The molecule has 236 valence electrons. The van der Waals surface area contributed by atoms with Crippen molar-refractivity contribution in [1.29, 1.82) is 0 Å². The van der Waals surface area contributed by atoms with Crippen LogP contribution in [-0.4, -0.2) is 20.0 Å². The summed E-state index contributed by atoms with van der Waals surface area (Å²) in [6.07, 6.45) is 25.7. The predicted molar refractivity (Wildman–Crippen MR) is 179 cm³/mol. The van der Waals surface area contributed by atoms with Crippen LogP contribution < -0.4 is 10.0 Å². The SMILES string of the molecule is CC[C@H]1CC2C3CC[C@H](CCCNC)C3(C)CC[C@@H]2C2(C)CCCCC12.O=CNSc1ccc(C2CCCCC2)cc1. The van der Waals surface area contributed by atoms with Gasteiger partial charge < -0.3 is 5.32 Å². The molecule has 0 bridgehead atoms. The zero-order valence-corrected chi connectivity index (χ0v) is 28.3. The molecule has 0 saturated heterocycles. The van der Waals surface area contributed by atoms with E-state index in [0.717, 1.165) is 46.3 Å². The van der Waals surface area contributed by atoms with Gasteiger partial charge in [-0.05, 0) is 166 Å². The molecule has 0 aliphatic heterocycles. The van der Waals surface area contributed by atoms with E-state index in [-0.39, 0.29) is 0 Å². The molecule has 5 fully saturated rings. The number of carbonyl (C=O) groups excluding carboxylic acids is 1. The van der Waals surface area contributed by atoms with E-state index in [2.05, 4.69) is 62.1 Å². The number of rotatable bonds is 9. The highest BCUT2D eigenvalue weighted by Crippen LogP contribution is 2.69. The zero-order chi connectivity index (χ0) is 29.6. The summed E-state index contributed by atoms with van der Waals surface area (Å²) in [7, 11) is 2.11. The number of fused-ring (bicyclic) bond motifs is 5. The summed E-state index contributed by atoms with van der Waals surface area (Å²) in [5, 5.41) is 3.37. The normalized spacial score (nSPS) is 37.9. The third-order valence-corrected chi connectivity index (χ3v) is 14.4. The highest BCUT2D eigenvalue weighted by Gasteiger charge is 2.60. The molecule has 4 heteroatoms. The summed E-state index contributed by atoms with van der Waals surface area (Å²) in [6.45, 7) is 9.18. The molecule has 1 aromatic rings. The summed E-state index contributed by atoms with van der Waals surface area (Å²) >= 11 is 1.36. The van der Waals surface area contributed by atoms with Crippen molar-refractivity contribution < 1.29 is 4.79 Å². The minimum absolute atomic E-state index is 0.672. The Bertz CT molecular complexity index is 976. The molecule has 3 nitrogen and oxygen atoms in total. The Morgan fingerprint density at radius 1 is 0.857 bits per heavy atom. The number of nitrogens with one attached hydrogen (secondary N) is 2. The number of benzene rings is 1. The van der Waals surface area contributed by atoms with Crippen LogP contribution in [-0.2, 0) is 4.79 Å². The highest BCUT2D eigenvalue weighted by atomic mass is 32.2. The van der Waals surface area contributed by atoms with Gasteiger partial charge in [0.25, 0.3) is 0 Å². The van der Waals surface area contributed by atoms with Gasteiger partial charge in [-0.25, -0.2) is 0 Å². The van der Waals surface area contributed by atoms with E-state index in [1.165, 1.54) is 94.7 Å². The minimum atomic E-state index is 0.672. The van der Waals surface area contributed by atoms with E-state index >= 15 is 0 Å². The molecule has 0 aromatic heterocycles. The Labute approximate surface area is 263 Å². The lowest BCUT2D eigenvalue weighted by atomic mass is 9.42. The van der Waals surface area contributed by atoms with Gasteiger partial charge in [0, 0.05) is 4.90 Å². The Hall–Kier alpha value is -1.00. The fourth-order valence-corrected chi connectivity index (χ4v) is 11.9. The van der Waals surface area contributed by atoms with Crippen LogP contribution in [0.3, 0.4) is 0 Å². The van der Waals surface area contributed by atoms with Crippen LogP contribution in [0.15, 0.2) is 29.2 Å². The van der Waals surface area contributed by atoms with E-state index < -0.39 is 0 Å². The van der Waals surface area contributed by atoms with Gasteiger partial charge in [0.05, 0.1) is 0 Å². The van der Waals surface area contributed by atoms with Gasteiger partial charge >= 0.3 is 0 Å². The van der Waals surface area contributed by atoms with Crippen molar-refractivity contribution in [3.63, 3.8) is 0 Å². The molecule has 6 rings (SSSR count). The molecule has 0 spiro atoms. The fourth-order valence-electron chi connectivity index (χ4n) is 11.5. The molecule has 0 radical (unpaired) electrons. The van der Waals surface area contributed by atoms with Gasteiger partial charge in [-0.15, -0.1) is 0 Å². The fraction of sp³-hybridized carbons (Fsp3) is 0.816. The molecule has 1 aromatic carbocycles. The first kappa shape index (κ1) is 32.4. The average Bonchev–Trinajstić information content (AvgIpc) is 3.36. The Balaban J connectivity index is 0.000000189. The van der Waals surface area contributed by atoms with Crippen LogP contribution in [0.4, 0.5) is 0 Å². The Kier molecular flexibility index (Phi) is 11.5. The van der Waals surface area contributed by atoms with E-state index in [1.54, 1.807) is 38.5 Å². The summed E-state index contributed by atoms with van der Waals surface area (Å²) in [6, 6.07) is 8.58. The molecule has 5 aliphatic rings. The molecule has 5 unspecified atom stereocenters. The molecule has 2 N–H and O–H groups in total. The number of hydrogen-bond donors (Lipinski definition) is 2. The van der Waals surface area contributed by atoms with Crippen LogP contribution in [0.25, 0.3) is 0 Å². The van der Waals surface area contributed by atoms with Gasteiger partial charge in [-0.1, -0.05) is 71.4 Å². The monoisotopic (exact) mass is 594 g/mol. The molecule has 5 aliphatic carbocycles. The van der Waals surface area contributed by atoms with E-state index in [0.29, 0.717) is 17.2 Å². The van der Waals surface area contributed by atoms with E-state index in [4.69, 9.17) is 0 Å². The van der Waals surface area contributed by atoms with Gasteiger partial charge in [0.1, 0.15) is 0 Å². The van der Waals surface area contributed by atoms with Crippen molar-refractivity contribution >= 4 is 18.4 Å². The summed E-state index contributed by atoms with van der Waals surface area (Å²) in [5.41, 5.74) is 2.81. The predicted octanol–water partition coefficient (Wildman–Crippen LogP) is 10.2. The second kappa shape index (κ2) is 14.9. The first-order valence-corrected chi connectivity index (χ1v) is 18.9. The Morgan fingerprint density at radius 2 is 1.60 bits per heavy atom. The molecule has 1 amide bonds. The third-order valence-electron chi connectivity index (χ3n) is 13.6. The number of amides is 1. The number of carbonyl (C=O) groups is 1. The molecule has 5 saturated carbocycles. The molecular formula is C38H62N2OS. The van der Waals surface area contributed by atoms with Gasteiger partial charge in [0.2, 0.25) is 6.41 Å². The van der Waals surface area contributed by atoms with Gasteiger partial charge in [0.15, 0.2) is 0 Å². The van der Waals surface area contributed by atoms with Crippen LogP contribution >= 0.6 is 11.9 Å². The van der Waals surface area contributed by atoms with Crippen LogP contribution in [0, 0.1) is 46.3 Å². The van der Waals surface area contributed by atoms with Gasteiger partial charge in [-0.2, -0.15) is 0 Å². The largest absolute Gasteiger partial charge is 0.320 e. The second-order valence-corrected chi connectivity index (χ2v) is 16.4. The quantitative estimate of drug-likeness (QED) is 0.170. The first-order valence-electron chi connectivity index (χ1n) is 18.0. The van der Waals surface area contributed by atoms with E-state index in [9.17, 15) is 4.79 Å². The summed E-state index contributed by atoms with van der Waals surface area (Å²) < 4.78 is 2.60. The maximum Gasteiger partial charge on any atom is 0.217 e. The molecule has 0 heterocycles. The maximum atomic E-state index is 10.2. The van der Waals surface area contributed by atoms with Crippen molar-refractivity contribution in [2.45, 2.75) is 141 Å². The average molecular weight is 595 g/mol. The lowest BCUT2D eigenvalue weighted by molar-refractivity contribution is -0.135. The smallest absolute Gasteiger partial charge is 0.217 e. The second-order valence-electron chi connectivity index (χ2n) is 15.4. The van der Waals surface area contributed by atoms with Gasteiger partial charge in [-0.3, -0.25) is 9.52 Å². The van der Waals surface area contributed by atoms with Crippen LogP contribution in [0.1, 0.15) is 141 Å². The lowest BCUT2D eigenvalue weighted by Gasteiger charge is -2.62. The first-order chi connectivity index (χ1) is 20.4. The summed E-state index contributed by atoms with van der Waals surface area (Å²) in [4.78, 5) is 11.3. The van der Waals surface area contributed by atoms with Crippen LogP contribution in [0.2, 0.25) is 0 Å². The minimum Gasteiger partial charge on any atom is -0.320 e. The van der Waals surface area contributed by atoms with Crippen molar-refractivity contribution in [3.8, 4) is 0 Å². The van der Waals surface area contributed by atoms with Crippen molar-refractivity contribution in [1.82, 2.24) is 10.0 Å². The number of hydrogen-bond acceptors (Lipinski definition) is 3. The standard InChI is InChI=1S/C25H45N.C13H17NOS/c1-5-18-17-20-22-12-11-19(9-8-16-26-4)24(22,2)15-13-23(20)25(3)14-7-6-10-21(18)25;15-10-14-16-13-8-6-12(7-9-13)11-4-2-1-3-5-11/h18-23,26H,5-17H2,1-4H3;6-11H,1-5H2,(H,14,15)/t18-,19-,20?,21?,22?,23-,24?,25?;/m0./s1. The lowest BCUT2D eigenvalue weighted by Crippen LogP contribution is -2.55. The van der Waals surface area contributed by atoms with Crippen LogP contribution in [0.5, 0.6) is 0 Å². The van der Waals surface area contributed by atoms with E-state index in [1.807, 2.05) is 0 Å². The highest BCUT2D eigenvalue weighted by molar-refractivity contribution is 7.97. The maximum absolute atomic E-state index is 10.2. The third kappa shape index (κ3) is 6.80. The Morgan fingerprint density at radius 3 is 2.31 bits per heavy atom. The zero-order valence-electron chi connectivity index (χ0n) is 27.5.